The molecule has 2 bridgehead atoms. The molecule has 4 heterocycles. The Morgan fingerprint density at radius 2 is 1.88 bits per heavy atom. The van der Waals surface area contributed by atoms with Crippen LogP contribution in [-0.2, 0) is 22.7 Å². The number of carbonyl (C=O) groups excluding carboxylic acids is 3. The molecule has 0 radical (unpaired) electrons. The summed E-state index contributed by atoms with van der Waals surface area (Å²) < 4.78 is 1.84. The van der Waals surface area contributed by atoms with E-state index >= 15 is 0 Å². The van der Waals surface area contributed by atoms with Gasteiger partial charge in [-0.3, -0.25) is 19.3 Å². The van der Waals surface area contributed by atoms with E-state index < -0.39 is 12.1 Å². The summed E-state index contributed by atoms with van der Waals surface area (Å²) in [6.45, 7) is 1.96. The van der Waals surface area contributed by atoms with E-state index in [2.05, 4.69) is 5.32 Å². The predicted octanol–water partition coefficient (Wildman–Crippen LogP) is 2.35. The second-order valence-corrected chi connectivity index (χ2v) is 9.53. The predicted molar refractivity (Wildman–Crippen MR) is 122 cm³/mol. The minimum Gasteiger partial charge on any atom is -0.342 e. The maximum absolute atomic E-state index is 13.0. The van der Waals surface area contributed by atoms with Crippen LogP contribution in [0.1, 0.15) is 36.4 Å². The summed E-state index contributed by atoms with van der Waals surface area (Å²) in [6.07, 6.45) is 1.42. The zero-order valence-electron chi connectivity index (χ0n) is 18.1. The van der Waals surface area contributed by atoms with Crippen LogP contribution < -0.4 is 10.9 Å². The Kier molecular flexibility index (Phi) is 5.70. The summed E-state index contributed by atoms with van der Waals surface area (Å²) in [5, 5.41) is 3.24. The Morgan fingerprint density at radius 3 is 2.70 bits per heavy atom. The van der Waals surface area contributed by atoms with Gasteiger partial charge in [0.15, 0.2) is 0 Å². The Bertz CT molecular complexity index is 1180. The minimum absolute atomic E-state index is 0.0137. The monoisotopic (exact) mass is 468 g/mol. The number of halogens is 1. The summed E-state index contributed by atoms with van der Waals surface area (Å²) >= 11 is 6.00. The second-order valence-electron chi connectivity index (χ2n) is 9.09. The molecule has 172 valence electrons. The first kappa shape index (κ1) is 21.7. The lowest BCUT2D eigenvalue weighted by atomic mass is 9.83. The number of rotatable bonds is 5. The standard InChI is InChI=1S/C24H25ClN4O4/c25-18-4-1-3-15(10-18)12-29-23(32)19(26-24(29)33)7-8-21(30)27-11-16-9-17(14-27)20-5-2-6-22(31)28(20)13-16/h1-6,10,16-17,19H,7-9,11-14H2,(H,26,33)/t16-,17+,19-/m1/s1. The number of aromatic nitrogens is 1. The fraction of sp³-hybridized carbons (Fsp3) is 0.417. The topological polar surface area (TPSA) is 91.7 Å². The average molecular weight is 469 g/mol. The van der Waals surface area contributed by atoms with E-state index in [4.69, 9.17) is 11.6 Å². The van der Waals surface area contributed by atoms with Crippen LogP contribution in [0.5, 0.6) is 0 Å². The van der Waals surface area contributed by atoms with E-state index in [0.29, 0.717) is 24.7 Å². The molecule has 1 aromatic heterocycles. The summed E-state index contributed by atoms with van der Waals surface area (Å²) in [4.78, 5) is 53.3. The highest BCUT2D eigenvalue weighted by atomic mass is 35.5. The van der Waals surface area contributed by atoms with Crippen LogP contribution in [0.25, 0.3) is 0 Å². The van der Waals surface area contributed by atoms with Gasteiger partial charge in [0.2, 0.25) is 5.91 Å². The van der Waals surface area contributed by atoms with Gasteiger partial charge in [0, 0.05) is 48.8 Å². The Hall–Kier alpha value is -3.13. The summed E-state index contributed by atoms with van der Waals surface area (Å²) in [6, 6.07) is 11.2. The molecule has 2 aromatic rings. The highest BCUT2D eigenvalue weighted by molar-refractivity contribution is 6.30. The van der Waals surface area contributed by atoms with Crippen molar-refractivity contribution >= 4 is 29.4 Å². The third-order valence-corrected chi connectivity index (χ3v) is 7.05. The Balaban J connectivity index is 1.19. The first-order chi connectivity index (χ1) is 15.9. The summed E-state index contributed by atoms with van der Waals surface area (Å²) in [7, 11) is 0. The van der Waals surface area contributed by atoms with Crippen molar-refractivity contribution in [1.82, 2.24) is 19.7 Å². The van der Waals surface area contributed by atoms with Gasteiger partial charge in [-0.25, -0.2) is 4.79 Å². The SMILES string of the molecule is O=C(CC[C@H]1NC(=O)N(Cc2cccc(Cl)c2)C1=O)N1C[C@H]2C[C@@H](C1)c1cccc(=O)n1C2. The maximum Gasteiger partial charge on any atom is 0.325 e. The lowest BCUT2D eigenvalue weighted by Gasteiger charge is -2.42. The molecule has 0 saturated carbocycles. The second kappa shape index (κ2) is 8.67. The molecular weight excluding hydrogens is 444 g/mol. The lowest BCUT2D eigenvalue weighted by Crippen LogP contribution is -2.49. The molecule has 0 spiro atoms. The van der Waals surface area contributed by atoms with Gasteiger partial charge in [0.05, 0.1) is 6.54 Å². The molecule has 1 N–H and O–H groups in total. The van der Waals surface area contributed by atoms with Crippen molar-refractivity contribution in [3.8, 4) is 0 Å². The molecular formula is C24H25ClN4O4. The number of nitrogens with one attached hydrogen (secondary N) is 1. The quantitative estimate of drug-likeness (QED) is 0.682. The van der Waals surface area contributed by atoms with Crippen LogP contribution >= 0.6 is 11.6 Å². The number of fused-ring (bicyclic) bond motifs is 4. The number of urea groups is 1. The fourth-order valence-electron chi connectivity index (χ4n) is 5.27. The third kappa shape index (κ3) is 4.27. The van der Waals surface area contributed by atoms with Crippen molar-refractivity contribution < 1.29 is 14.4 Å². The first-order valence-electron chi connectivity index (χ1n) is 11.2. The molecule has 3 aliphatic rings. The molecule has 5 rings (SSSR count). The number of nitrogens with zero attached hydrogens (tertiary/aromatic N) is 3. The van der Waals surface area contributed by atoms with E-state index in [9.17, 15) is 19.2 Å². The van der Waals surface area contributed by atoms with E-state index in [0.717, 1.165) is 17.7 Å². The molecule has 9 heteroatoms. The zero-order chi connectivity index (χ0) is 23.1. The molecule has 0 aliphatic carbocycles. The van der Waals surface area contributed by atoms with Crippen LogP contribution in [0.2, 0.25) is 5.02 Å². The van der Waals surface area contributed by atoms with Crippen molar-refractivity contribution in [2.75, 3.05) is 13.1 Å². The van der Waals surface area contributed by atoms with Crippen molar-refractivity contribution in [1.29, 1.82) is 0 Å². The molecule has 3 atom stereocenters. The summed E-state index contributed by atoms with van der Waals surface area (Å²) in [5.74, 6) is 0.0565. The minimum atomic E-state index is -0.704. The molecule has 3 aliphatic heterocycles. The third-order valence-electron chi connectivity index (χ3n) is 6.82. The van der Waals surface area contributed by atoms with Gasteiger partial charge in [-0.15, -0.1) is 0 Å². The fourth-order valence-corrected chi connectivity index (χ4v) is 5.48. The van der Waals surface area contributed by atoms with Crippen molar-refractivity contribution in [3.63, 3.8) is 0 Å². The lowest BCUT2D eigenvalue weighted by molar-refractivity contribution is -0.134. The van der Waals surface area contributed by atoms with Gasteiger partial charge < -0.3 is 14.8 Å². The van der Waals surface area contributed by atoms with Gasteiger partial charge in [0.25, 0.3) is 11.5 Å². The number of likely N-dealkylation sites (tertiary alicyclic amines) is 1. The van der Waals surface area contributed by atoms with Crippen molar-refractivity contribution in [2.24, 2.45) is 5.92 Å². The van der Waals surface area contributed by atoms with Crippen LogP contribution in [0.15, 0.2) is 47.3 Å². The van der Waals surface area contributed by atoms with Crippen LogP contribution in [0, 0.1) is 5.92 Å². The van der Waals surface area contributed by atoms with Gasteiger partial charge >= 0.3 is 6.03 Å². The van der Waals surface area contributed by atoms with Crippen molar-refractivity contribution in [3.05, 3.63) is 69.1 Å². The van der Waals surface area contributed by atoms with Gasteiger partial charge in [0.1, 0.15) is 6.04 Å². The molecule has 8 nitrogen and oxygen atoms in total. The molecule has 4 amide bonds. The molecule has 1 aromatic carbocycles. The normalized spacial score (nSPS) is 24.0. The molecule has 33 heavy (non-hydrogen) atoms. The van der Waals surface area contributed by atoms with Crippen LogP contribution in [0.4, 0.5) is 4.79 Å². The Labute approximate surface area is 196 Å². The Morgan fingerprint density at radius 1 is 1.06 bits per heavy atom. The van der Waals surface area contributed by atoms with Crippen LogP contribution in [-0.4, -0.2) is 51.3 Å². The number of pyridine rings is 1. The number of hydrogen-bond acceptors (Lipinski definition) is 4. The summed E-state index contributed by atoms with van der Waals surface area (Å²) in [5.41, 5.74) is 1.77. The van der Waals surface area contributed by atoms with E-state index in [1.807, 2.05) is 21.6 Å². The average Bonchev–Trinajstić information content (AvgIpc) is 3.05. The smallest absolute Gasteiger partial charge is 0.325 e. The number of hydrogen-bond donors (Lipinski definition) is 1. The molecule has 0 unspecified atom stereocenters. The maximum atomic E-state index is 13.0. The van der Waals surface area contributed by atoms with Gasteiger partial charge in [-0.05, 0) is 42.5 Å². The highest BCUT2D eigenvalue weighted by Gasteiger charge is 2.39. The first-order valence-corrected chi connectivity index (χ1v) is 11.6. The van der Waals surface area contributed by atoms with E-state index in [1.165, 1.54) is 4.90 Å². The van der Waals surface area contributed by atoms with Gasteiger partial charge in [-0.1, -0.05) is 29.8 Å². The molecule has 2 fully saturated rings. The van der Waals surface area contributed by atoms with Crippen molar-refractivity contribution in [2.45, 2.75) is 44.3 Å². The van der Waals surface area contributed by atoms with Gasteiger partial charge in [-0.2, -0.15) is 0 Å². The number of piperidine rings is 1. The van der Waals surface area contributed by atoms with E-state index in [1.54, 1.807) is 30.3 Å². The number of amides is 4. The zero-order valence-corrected chi connectivity index (χ0v) is 18.8. The van der Waals surface area contributed by atoms with Crippen LogP contribution in [0.3, 0.4) is 0 Å². The number of imide groups is 1. The highest BCUT2D eigenvalue weighted by Crippen LogP contribution is 2.35. The molecule has 2 saturated heterocycles. The van der Waals surface area contributed by atoms with E-state index in [-0.39, 0.29) is 48.6 Å². The number of benzene rings is 1. The largest absolute Gasteiger partial charge is 0.342 e. The number of carbonyl (C=O) groups is 3.